The molecule has 1 aliphatic carbocycles. The average molecular weight is 441 g/mol. The molecule has 1 aromatic rings. The summed E-state index contributed by atoms with van der Waals surface area (Å²) in [6.45, 7) is 4.62. The smallest absolute Gasteiger partial charge is 0.404 e. The van der Waals surface area contributed by atoms with E-state index in [1.165, 1.54) is 6.07 Å². The van der Waals surface area contributed by atoms with Crippen LogP contribution in [0.25, 0.3) is 0 Å². The van der Waals surface area contributed by atoms with Gasteiger partial charge in [-0.15, -0.1) is 13.2 Å². The zero-order valence-electron chi connectivity index (χ0n) is 17.8. The van der Waals surface area contributed by atoms with E-state index in [9.17, 15) is 18.0 Å². The van der Waals surface area contributed by atoms with Gasteiger partial charge in [-0.05, 0) is 49.7 Å². The summed E-state index contributed by atoms with van der Waals surface area (Å²) in [5.74, 6) is 0.164. The number of nitrogens with one attached hydrogen (secondary N) is 1. The Hall–Kier alpha value is -1.87. The monoisotopic (exact) mass is 441 g/mol. The van der Waals surface area contributed by atoms with Gasteiger partial charge in [-0.3, -0.25) is 9.78 Å². The van der Waals surface area contributed by atoms with Crippen LogP contribution in [0, 0.1) is 11.8 Å². The third kappa shape index (κ3) is 5.68. The predicted molar refractivity (Wildman–Crippen MR) is 107 cm³/mol. The van der Waals surface area contributed by atoms with Crippen molar-refractivity contribution in [1.29, 1.82) is 0 Å². The number of pyridine rings is 1. The molecule has 4 rings (SSSR count). The molecule has 172 valence electrons. The highest BCUT2D eigenvalue weighted by Crippen LogP contribution is 2.32. The Balaban J connectivity index is 1.34. The number of hydrogen-bond donors (Lipinski definition) is 1. The van der Waals surface area contributed by atoms with Crippen LogP contribution in [-0.2, 0) is 22.5 Å². The second-order valence-electron chi connectivity index (χ2n) is 9.01. The minimum atomic E-state index is -4.76. The fourth-order valence-electron chi connectivity index (χ4n) is 5.02. The van der Waals surface area contributed by atoms with Crippen molar-refractivity contribution in [1.82, 2.24) is 15.2 Å². The lowest BCUT2D eigenvalue weighted by molar-refractivity contribution is -0.274. The van der Waals surface area contributed by atoms with Crippen molar-refractivity contribution in [3.63, 3.8) is 0 Å². The minimum Gasteiger partial charge on any atom is -0.404 e. The molecule has 6 nitrogen and oxygen atoms in total. The second-order valence-corrected chi connectivity index (χ2v) is 9.01. The van der Waals surface area contributed by atoms with Crippen LogP contribution in [-0.4, -0.2) is 54.0 Å². The fraction of sp³-hybridized carbons (Fsp3) is 0.727. The summed E-state index contributed by atoms with van der Waals surface area (Å²) in [4.78, 5) is 19.0. The number of rotatable bonds is 4. The molecule has 1 amide bonds. The van der Waals surface area contributed by atoms with E-state index < -0.39 is 6.36 Å². The number of aromatic nitrogens is 1. The molecule has 1 saturated heterocycles. The summed E-state index contributed by atoms with van der Waals surface area (Å²) in [7, 11) is 0. The third-order valence-electron chi connectivity index (χ3n) is 6.66. The third-order valence-corrected chi connectivity index (χ3v) is 6.66. The average Bonchev–Trinajstić information content (AvgIpc) is 3.09. The van der Waals surface area contributed by atoms with Gasteiger partial charge in [-0.25, -0.2) is 0 Å². The molecule has 3 aliphatic rings. The van der Waals surface area contributed by atoms with Crippen LogP contribution in [0.5, 0.6) is 5.75 Å². The molecule has 0 bridgehead atoms. The zero-order chi connectivity index (χ0) is 22.0. The topological polar surface area (TPSA) is 63.7 Å². The van der Waals surface area contributed by atoms with Crippen LogP contribution in [0.15, 0.2) is 12.3 Å². The van der Waals surface area contributed by atoms with E-state index in [-0.39, 0.29) is 24.1 Å². The number of amides is 1. The standard InChI is InChI=1S/C22H30F3N3O3/c1-14-13-30-8-2-3-19(14)27-17-5-4-15(9-17)21(29)28-7-6-20-16(12-28)10-18(11-26-20)31-22(23,24)25/h10-11,14-15,17,19,27H,2-9,12-13H2,1H3. The van der Waals surface area contributed by atoms with Crippen LogP contribution >= 0.6 is 0 Å². The van der Waals surface area contributed by atoms with Gasteiger partial charge in [0.05, 0.1) is 12.8 Å². The summed E-state index contributed by atoms with van der Waals surface area (Å²) >= 11 is 0. The van der Waals surface area contributed by atoms with E-state index in [1.807, 2.05) is 0 Å². The Morgan fingerprint density at radius 2 is 2.16 bits per heavy atom. The maximum Gasteiger partial charge on any atom is 0.573 e. The molecule has 3 heterocycles. The second kappa shape index (κ2) is 9.32. The molecule has 31 heavy (non-hydrogen) atoms. The Morgan fingerprint density at radius 3 is 2.97 bits per heavy atom. The van der Waals surface area contributed by atoms with Gasteiger partial charge in [0, 0.05) is 49.8 Å². The van der Waals surface area contributed by atoms with Gasteiger partial charge in [0.1, 0.15) is 5.75 Å². The van der Waals surface area contributed by atoms with E-state index in [4.69, 9.17) is 4.74 Å². The lowest BCUT2D eigenvalue weighted by Crippen LogP contribution is -2.43. The van der Waals surface area contributed by atoms with Crippen molar-refractivity contribution in [2.75, 3.05) is 19.8 Å². The van der Waals surface area contributed by atoms with Crippen molar-refractivity contribution in [3.05, 3.63) is 23.5 Å². The Labute approximate surface area is 180 Å². The van der Waals surface area contributed by atoms with Gasteiger partial charge in [0.2, 0.25) is 5.91 Å². The number of alkyl halides is 3. The number of halogens is 3. The summed E-state index contributed by atoms with van der Waals surface area (Å²) in [6.07, 6.45) is 1.64. The molecule has 9 heteroatoms. The fourth-order valence-corrected chi connectivity index (χ4v) is 5.02. The van der Waals surface area contributed by atoms with Crippen LogP contribution in [0.2, 0.25) is 0 Å². The molecule has 4 unspecified atom stereocenters. The van der Waals surface area contributed by atoms with E-state index in [1.54, 1.807) is 4.90 Å². The number of nitrogens with zero attached hydrogens (tertiary/aromatic N) is 2. The minimum absolute atomic E-state index is 0.0426. The van der Waals surface area contributed by atoms with E-state index in [2.05, 4.69) is 22.0 Å². The first-order valence-electron chi connectivity index (χ1n) is 11.1. The first kappa shape index (κ1) is 22.3. The van der Waals surface area contributed by atoms with Crippen molar-refractivity contribution >= 4 is 5.91 Å². The normalized spacial score (nSPS) is 29.4. The Kier molecular flexibility index (Phi) is 6.71. The van der Waals surface area contributed by atoms with Crippen molar-refractivity contribution < 1.29 is 27.4 Å². The number of hydrogen-bond acceptors (Lipinski definition) is 5. The predicted octanol–water partition coefficient (Wildman–Crippen LogP) is 3.44. The van der Waals surface area contributed by atoms with Crippen molar-refractivity contribution in [2.45, 2.75) is 70.4 Å². The zero-order valence-corrected chi connectivity index (χ0v) is 17.8. The quantitative estimate of drug-likeness (QED) is 0.776. The maximum atomic E-state index is 13.1. The lowest BCUT2D eigenvalue weighted by Gasteiger charge is -2.31. The van der Waals surface area contributed by atoms with Gasteiger partial charge in [-0.2, -0.15) is 0 Å². The molecule has 1 aromatic heterocycles. The first-order valence-corrected chi connectivity index (χ1v) is 11.1. The highest BCUT2D eigenvalue weighted by Gasteiger charge is 2.36. The van der Waals surface area contributed by atoms with Gasteiger partial charge >= 0.3 is 6.36 Å². The van der Waals surface area contributed by atoms with Gasteiger partial charge in [0.15, 0.2) is 0 Å². The molecule has 2 aliphatic heterocycles. The largest absolute Gasteiger partial charge is 0.573 e. The molecule has 4 atom stereocenters. The number of fused-ring (bicyclic) bond motifs is 1. The Morgan fingerprint density at radius 1 is 1.32 bits per heavy atom. The van der Waals surface area contributed by atoms with E-state index in [0.29, 0.717) is 36.5 Å². The van der Waals surface area contributed by atoms with Crippen LogP contribution in [0.3, 0.4) is 0 Å². The summed E-state index contributed by atoms with van der Waals surface area (Å²) in [5.41, 5.74) is 1.36. The number of carbonyl (C=O) groups is 1. The highest BCUT2D eigenvalue weighted by atomic mass is 19.4. The molecular formula is C22H30F3N3O3. The molecule has 0 spiro atoms. The van der Waals surface area contributed by atoms with Crippen molar-refractivity contribution in [2.24, 2.45) is 11.8 Å². The highest BCUT2D eigenvalue weighted by molar-refractivity contribution is 5.79. The van der Waals surface area contributed by atoms with E-state index >= 15 is 0 Å². The van der Waals surface area contributed by atoms with Crippen LogP contribution in [0.4, 0.5) is 13.2 Å². The van der Waals surface area contributed by atoms with Gasteiger partial charge < -0.3 is 19.7 Å². The molecule has 2 fully saturated rings. The SMILES string of the molecule is CC1COCCCC1NC1CCC(C(=O)N2CCc3ncc(OC(F)(F)F)cc3C2)C1. The summed E-state index contributed by atoms with van der Waals surface area (Å²) in [6, 6.07) is 2.09. The molecule has 0 aromatic carbocycles. The molecule has 1 saturated carbocycles. The lowest BCUT2D eigenvalue weighted by atomic mass is 9.97. The molecule has 1 N–H and O–H groups in total. The van der Waals surface area contributed by atoms with Crippen LogP contribution < -0.4 is 10.1 Å². The Bertz CT molecular complexity index is 789. The summed E-state index contributed by atoms with van der Waals surface area (Å²) < 4.78 is 47.1. The summed E-state index contributed by atoms with van der Waals surface area (Å²) in [5, 5.41) is 3.76. The van der Waals surface area contributed by atoms with E-state index in [0.717, 1.165) is 57.2 Å². The van der Waals surface area contributed by atoms with Crippen LogP contribution in [0.1, 0.15) is 50.3 Å². The maximum absolute atomic E-state index is 13.1. The van der Waals surface area contributed by atoms with Crippen molar-refractivity contribution in [3.8, 4) is 5.75 Å². The number of ether oxygens (including phenoxy) is 2. The molecular weight excluding hydrogens is 411 g/mol. The van der Waals surface area contributed by atoms with Gasteiger partial charge in [0.25, 0.3) is 0 Å². The number of carbonyl (C=O) groups excluding carboxylic acids is 1. The first-order chi connectivity index (χ1) is 14.8. The molecule has 0 radical (unpaired) electrons. The van der Waals surface area contributed by atoms with Gasteiger partial charge in [-0.1, -0.05) is 6.92 Å².